The number of aromatic amines is 1. The lowest BCUT2D eigenvalue weighted by Gasteiger charge is -2.10. The van der Waals surface area contributed by atoms with Gasteiger partial charge in [0.1, 0.15) is 6.54 Å². The van der Waals surface area contributed by atoms with Gasteiger partial charge in [-0.2, -0.15) is 5.10 Å². The molecule has 0 unspecified atom stereocenters. The molecule has 0 bridgehead atoms. The van der Waals surface area contributed by atoms with Crippen LogP contribution in [0.5, 0.6) is 0 Å². The maximum Gasteiger partial charge on any atom is 0.307 e. The fourth-order valence-electron chi connectivity index (χ4n) is 2.83. The second-order valence-corrected chi connectivity index (χ2v) is 7.02. The van der Waals surface area contributed by atoms with Crippen molar-refractivity contribution in [3.05, 3.63) is 75.3 Å². The summed E-state index contributed by atoms with van der Waals surface area (Å²) >= 11 is 1.08. The van der Waals surface area contributed by atoms with E-state index in [1.807, 2.05) is 48.5 Å². The molecule has 0 aliphatic heterocycles. The fourth-order valence-corrected chi connectivity index (χ4v) is 3.56. The molecule has 140 valence electrons. The van der Waals surface area contributed by atoms with Crippen LogP contribution >= 0.6 is 11.3 Å². The third kappa shape index (κ3) is 3.63. The number of hydrogen-bond acceptors (Lipinski definition) is 5. The number of para-hydroxylation sites is 1. The van der Waals surface area contributed by atoms with E-state index in [9.17, 15) is 9.59 Å². The number of thiazole rings is 1. The number of amides is 1. The molecule has 2 aromatic heterocycles. The van der Waals surface area contributed by atoms with E-state index in [0.29, 0.717) is 17.3 Å². The van der Waals surface area contributed by atoms with Crippen molar-refractivity contribution < 1.29 is 4.79 Å². The van der Waals surface area contributed by atoms with Gasteiger partial charge in [0.05, 0.1) is 5.69 Å². The van der Waals surface area contributed by atoms with Gasteiger partial charge in [-0.25, -0.2) is 4.98 Å². The van der Waals surface area contributed by atoms with Crippen LogP contribution in [0.4, 0.5) is 5.69 Å². The summed E-state index contributed by atoms with van der Waals surface area (Å²) in [6.07, 6.45) is 0. The van der Waals surface area contributed by atoms with E-state index in [-0.39, 0.29) is 17.3 Å². The molecular formula is C20H17N5O2S. The first kappa shape index (κ1) is 17.9. The lowest BCUT2D eigenvalue weighted by molar-refractivity contribution is -0.116. The molecule has 0 saturated heterocycles. The quantitative estimate of drug-likeness (QED) is 0.546. The third-order valence-electron chi connectivity index (χ3n) is 4.25. The Balaban J connectivity index is 1.58. The number of hydrogen-bond donors (Lipinski definition) is 2. The molecule has 8 heteroatoms. The highest BCUT2D eigenvalue weighted by Gasteiger charge is 2.14. The van der Waals surface area contributed by atoms with Gasteiger partial charge in [-0.15, -0.1) is 0 Å². The van der Waals surface area contributed by atoms with Crippen LogP contribution in [-0.2, 0) is 11.3 Å². The average Bonchev–Trinajstić information content (AvgIpc) is 3.32. The van der Waals surface area contributed by atoms with Crippen molar-refractivity contribution >= 4 is 22.9 Å². The minimum Gasteiger partial charge on any atom is -0.324 e. The molecule has 2 N–H and O–H groups in total. The highest BCUT2D eigenvalue weighted by molar-refractivity contribution is 7.07. The van der Waals surface area contributed by atoms with Gasteiger partial charge >= 0.3 is 4.87 Å². The smallest absolute Gasteiger partial charge is 0.307 e. The number of anilines is 1. The van der Waals surface area contributed by atoms with E-state index < -0.39 is 0 Å². The van der Waals surface area contributed by atoms with E-state index in [2.05, 4.69) is 20.5 Å². The van der Waals surface area contributed by atoms with Crippen LogP contribution in [0.1, 0.15) is 5.69 Å². The number of H-pyrrole nitrogens is 1. The highest BCUT2D eigenvalue weighted by atomic mass is 32.1. The van der Waals surface area contributed by atoms with Crippen molar-refractivity contribution in [2.24, 2.45) is 0 Å². The van der Waals surface area contributed by atoms with Crippen molar-refractivity contribution in [3.8, 4) is 22.8 Å². The Labute approximate surface area is 164 Å². The van der Waals surface area contributed by atoms with Crippen molar-refractivity contribution in [2.45, 2.75) is 13.5 Å². The van der Waals surface area contributed by atoms with Crippen LogP contribution in [0.3, 0.4) is 0 Å². The van der Waals surface area contributed by atoms with Crippen LogP contribution in [0, 0.1) is 6.92 Å². The first-order chi connectivity index (χ1) is 13.6. The molecule has 1 amide bonds. The Morgan fingerprint density at radius 2 is 1.89 bits per heavy atom. The summed E-state index contributed by atoms with van der Waals surface area (Å²) in [5, 5.41) is 11.8. The Kier molecular flexibility index (Phi) is 4.86. The molecule has 7 nitrogen and oxygen atoms in total. The second kappa shape index (κ2) is 7.61. The molecule has 4 aromatic rings. The first-order valence-corrected chi connectivity index (χ1v) is 9.52. The average molecular weight is 391 g/mol. The number of carbonyl (C=O) groups excluding carboxylic acids is 1. The van der Waals surface area contributed by atoms with Gasteiger partial charge in [0.2, 0.25) is 5.91 Å². The Morgan fingerprint density at radius 1 is 1.14 bits per heavy atom. The van der Waals surface area contributed by atoms with E-state index in [1.54, 1.807) is 18.4 Å². The number of benzene rings is 2. The lowest BCUT2D eigenvalue weighted by atomic mass is 10.1. The summed E-state index contributed by atoms with van der Waals surface area (Å²) in [6, 6.07) is 17.0. The maximum atomic E-state index is 12.5. The molecule has 0 radical (unpaired) electrons. The van der Waals surface area contributed by atoms with E-state index in [4.69, 9.17) is 0 Å². The SMILES string of the molecule is Cc1csc(=O)n1CC(=O)Nc1ccccc1-c1nc(-c2ccccc2)n[nH]1. The number of nitrogens with one attached hydrogen (secondary N) is 2. The molecule has 0 aliphatic carbocycles. The predicted molar refractivity (Wildman–Crippen MR) is 109 cm³/mol. The Morgan fingerprint density at radius 3 is 2.64 bits per heavy atom. The van der Waals surface area contributed by atoms with Gasteiger partial charge in [-0.3, -0.25) is 19.3 Å². The van der Waals surface area contributed by atoms with E-state index in [0.717, 1.165) is 28.2 Å². The minimum absolute atomic E-state index is 0.0336. The maximum absolute atomic E-state index is 12.5. The predicted octanol–water partition coefficient (Wildman–Crippen LogP) is 3.31. The van der Waals surface area contributed by atoms with Crippen molar-refractivity contribution in [2.75, 3.05) is 5.32 Å². The number of nitrogens with zero attached hydrogens (tertiary/aromatic N) is 3. The van der Waals surface area contributed by atoms with Crippen molar-refractivity contribution in [1.82, 2.24) is 19.7 Å². The molecule has 0 atom stereocenters. The molecule has 2 heterocycles. The zero-order valence-corrected chi connectivity index (χ0v) is 15.9. The summed E-state index contributed by atoms with van der Waals surface area (Å²) < 4.78 is 1.45. The zero-order chi connectivity index (χ0) is 19.5. The number of aryl methyl sites for hydroxylation is 1. The van der Waals surface area contributed by atoms with Gasteiger partial charge in [0.15, 0.2) is 11.6 Å². The van der Waals surface area contributed by atoms with Crippen LogP contribution in [-0.4, -0.2) is 25.7 Å². The van der Waals surface area contributed by atoms with Gasteiger partial charge in [0.25, 0.3) is 0 Å². The summed E-state index contributed by atoms with van der Waals surface area (Å²) in [5.41, 5.74) is 2.99. The van der Waals surface area contributed by atoms with Gasteiger partial charge < -0.3 is 5.32 Å². The van der Waals surface area contributed by atoms with E-state index in [1.165, 1.54) is 4.57 Å². The number of carbonyl (C=O) groups is 1. The minimum atomic E-state index is -0.279. The van der Waals surface area contributed by atoms with Crippen molar-refractivity contribution in [1.29, 1.82) is 0 Å². The summed E-state index contributed by atoms with van der Waals surface area (Å²) in [7, 11) is 0. The zero-order valence-electron chi connectivity index (χ0n) is 15.0. The van der Waals surface area contributed by atoms with Gasteiger partial charge in [-0.1, -0.05) is 53.8 Å². The molecule has 0 saturated carbocycles. The second-order valence-electron chi connectivity index (χ2n) is 6.20. The molecule has 0 fully saturated rings. The molecule has 0 spiro atoms. The largest absolute Gasteiger partial charge is 0.324 e. The molecular weight excluding hydrogens is 374 g/mol. The van der Waals surface area contributed by atoms with E-state index >= 15 is 0 Å². The monoisotopic (exact) mass is 391 g/mol. The van der Waals surface area contributed by atoms with Gasteiger partial charge in [-0.05, 0) is 19.1 Å². The molecule has 28 heavy (non-hydrogen) atoms. The number of rotatable bonds is 5. The first-order valence-electron chi connectivity index (χ1n) is 8.64. The highest BCUT2D eigenvalue weighted by Crippen LogP contribution is 2.26. The topological polar surface area (TPSA) is 92.7 Å². The van der Waals surface area contributed by atoms with Crippen LogP contribution in [0.15, 0.2) is 64.8 Å². The summed E-state index contributed by atoms with van der Waals surface area (Å²) in [5.74, 6) is 0.856. The Hall–Kier alpha value is -3.52. The molecule has 4 rings (SSSR count). The Bertz CT molecular complexity index is 1180. The van der Waals surface area contributed by atoms with Crippen LogP contribution < -0.4 is 10.2 Å². The van der Waals surface area contributed by atoms with Crippen molar-refractivity contribution in [3.63, 3.8) is 0 Å². The third-order valence-corrected chi connectivity index (χ3v) is 5.13. The summed E-state index contributed by atoms with van der Waals surface area (Å²) in [4.78, 5) is 28.7. The van der Waals surface area contributed by atoms with Gasteiger partial charge in [0, 0.05) is 22.2 Å². The fraction of sp³-hybridized carbons (Fsp3) is 0.100. The van der Waals surface area contributed by atoms with Crippen LogP contribution in [0.25, 0.3) is 22.8 Å². The summed E-state index contributed by atoms with van der Waals surface area (Å²) in [6.45, 7) is 1.77. The lowest BCUT2D eigenvalue weighted by Crippen LogP contribution is -2.25. The van der Waals surface area contributed by atoms with Crippen LogP contribution in [0.2, 0.25) is 0 Å². The number of aromatic nitrogens is 4. The molecule has 2 aromatic carbocycles. The standard InChI is InChI=1S/C20H17N5O2S/c1-13-12-28-20(27)25(13)11-17(26)21-16-10-6-5-9-15(16)19-22-18(23-24-19)14-7-3-2-4-8-14/h2-10,12H,11H2,1H3,(H,21,26)(H,22,23,24). The normalized spacial score (nSPS) is 10.8. The molecule has 0 aliphatic rings.